The Morgan fingerprint density at radius 1 is 0.622 bits per heavy atom. The number of fused-ring (bicyclic) bond motifs is 10. The molecule has 0 spiro atoms. The largest absolute Gasteiger partial charge is 0.308 e. The minimum atomic E-state index is -1.72. The van der Waals surface area contributed by atoms with Crippen molar-refractivity contribution in [3.8, 4) is 12.1 Å². The summed E-state index contributed by atoms with van der Waals surface area (Å²) < 4.78 is 2.45. The Bertz CT molecular complexity index is 1830. The molecule has 5 aromatic rings. The smallest absolute Gasteiger partial charge is 0.0991 e. The van der Waals surface area contributed by atoms with Gasteiger partial charge in [-0.2, -0.15) is 10.5 Å². The molecule has 184 valence electrons. The van der Waals surface area contributed by atoms with Crippen molar-refractivity contribution in [3.05, 3.63) is 41.5 Å². The summed E-state index contributed by atoms with van der Waals surface area (Å²) in [7, 11) is -6.81. The van der Waals surface area contributed by atoms with Gasteiger partial charge in [-0.3, -0.25) is 0 Å². The zero-order chi connectivity index (χ0) is 26.4. The number of rotatable bonds is 0. The van der Waals surface area contributed by atoms with E-state index in [4.69, 9.17) is 0 Å². The molecular formula is C30H33N3Si4. The number of para-hydroxylation sites is 1. The van der Waals surface area contributed by atoms with E-state index in [1.807, 2.05) is 0 Å². The fourth-order valence-corrected chi connectivity index (χ4v) is 40.7. The van der Waals surface area contributed by atoms with Crippen LogP contribution in [0.2, 0.25) is 63.7 Å². The van der Waals surface area contributed by atoms with Crippen LogP contribution in [0.4, 0.5) is 0 Å². The van der Waals surface area contributed by atoms with Gasteiger partial charge in [-0.25, -0.2) is 0 Å². The van der Waals surface area contributed by atoms with Crippen molar-refractivity contribution in [1.82, 2.24) is 4.40 Å². The predicted molar refractivity (Wildman–Crippen MR) is 169 cm³/mol. The number of hydrogen-bond acceptors (Lipinski definition) is 2. The maximum atomic E-state index is 10.4. The van der Waals surface area contributed by atoms with Crippen molar-refractivity contribution in [2.75, 3.05) is 0 Å². The molecule has 37 heavy (non-hydrogen) atoms. The average molecular weight is 548 g/mol. The lowest BCUT2D eigenvalue weighted by atomic mass is 10.1. The predicted octanol–water partition coefficient (Wildman–Crippen LogP) is 5.35. The van der Waals surface area contributed by atoms with Gasteiger partial charge in [-0.15, -0.1) is 0 Å². The highest BCUT2D eigenvalue weighted by Crippen LogP contribution is 2.43. The van der Waals surface area contributed by atoms with E-state index in [-0.39, 0.29) is 0 Å². The van der Waals surface area contributed by atoms with Crippen LogP contribution in [0.25, 0.3) is 38.1 Å². The first-order valence-corrected chi connectivity index (χ1v) is 26.3. The van der Waals surface area contributed by atoms with E-state index in [0.29, 0.717) is 0 Å². The van der Waals surface area contributed by atoms with Crippen LogP contribution >= 0.6 is 0 Å². The summed E-state index contributed by atoms with van der Waals surface area (Å²) in [5.41, 5.74) is 8.07. The second-order valence-electron chi connectivity index (χ2n) is 14.3. The molecule has 7 rings (SSSR count). The highest BCUT2D eigenvalue weighted by atomic mass is 28.4. The number of aromatic nitrogens is 1. The molecule has 0 radical (unpaired) electrons. The molecule has 0 saturated heterocycles. The number of benzene rings is 3. The molecule has 7 heteroatoms. The summed E-state index contributed by atoms with van der Waals surface area (Å²) in [6.45, 7) is 19.9. The van der Waals surface area contributed by atoms with Gasteiger partial charge >= 0.3 is 0 Å². The van der Waals surface area contributed by atoms with Crippen LogP contribution in [-0.4, -0.2) is 36.7 Å². The van der Waals surface area contributed by atoms with Gasteiger partial charge in [-0.05, 0) is 32.9 Å². The van der Waals surface area contributed by atoms with Crippen molar-refractivity contribution in [1.29, 1.82) is 10.5 Å². The standard InChI is InChI=1S/C30H33N3Si4/c1-34(2)16-36(5,6)29-24-20-10-9-11-21-25-23(33(26(20)21)22(24)12-18(14-31)27(29)34)13-19(15-32)28-30(25)37(7,8)17-35(28,3)4/h9-13H,16-17H2,1-8H3. The maximum Gasteiger partial charge on any atom is 0.0991 e. The zero-order valence-electron chi connectivity index (χ0n) is 23.1. The van der Waals surface area contributed by atoms with Crippen LogP contribution < -0.4 is 20.7 Å². The zero-order valence-corrected chi connectivity index (χ0v) is 27.1. The van der Waals surface area contributed by atoms with Crippen LogP contribution in [0.1, 0.15) is 11.1 Å². The number of hydrogen-bond donors (Lipinski definition) is 0. The van der Waals surface area contributed by atoms with Crippen LogP contribution in [0.5, 0.6) is 0 Å². The topological polar surface area (TPSA) is 52.0 Å². The van der Waals surface area contributed by atoms with E-state index < -0.39 is 32.3 Å². The van der Waals surface area contributed by atoms with Gasteiger partial charge in [0.2, 0.25) is 0 Å². The summed E-state index contributed by atoms with van der Waals surface area (Å²) in [6, 6.07) is 16.6. The summed E-state index contributed by atoms with van der Waals surface area (Å²) >= 11 is 0. The molecule has 2 aliphatic rings. The van der Waals surface area contributed by atoms with Gasteiger partial charge in [0.1, 0.15) is 0 Å². The van der Waals surface area contributed by atoms with Crippen molar-refractivity contribution < 1.29 is 0 Å². The van der Waals surface area contributed by atoms with E-state index in [0.717, 1.165) is 11.1 Å². The maximum absolute atomic E-state index is 10.4. The van der Waals surface area contributed by atoms with Crippen molar-refractivity contribution in [3.63, 3.8) is 0 Å². The molecule has 3 aromatic carbocycles. The van der Waals surface area contributed by atoms with Gasteiger partial charge in [0.25, 0.3) is 0 Å². The third-order valence-corrected chi connectivity index (χ3v) is 31.7. The fourth-order valence-electron chi connectivity index (χ4n) is 9.29. The van der Waals surface area contributed by atoms with Gasteiger partial charge < -0.3 is 4.40 Å². The first kappa shape index (κ1) is 23.4. The molecule has 0 unspecified atom stereocenters. The third-order valence-electron chi connectivity index (χ3n) is 9.61. The molecule has 0 fully saturated rings. The SMILES string of the molecule is C[Si]1(C)C[Si](C)(C)c2c1c(C#N)cc1c2c2cccc3c4c5c(c(C#N)cc4n1c23)[Si](C)(C)C[Si]5(C)C. The van der Waals surface area contributed by atoms with Crippen molar-refractivity contribution in [2.24, 2.45) is 0 Å². The average Bonchev–Trinajstić information content (AvgIpc) is 3.43. The highest BCUT2D eigenvalue weighted by Gasteiger charge is 2.49. The summed E-state index contributed by atoms with van der Waals surface area (Å²) in [4.78, 5) is 0. The second kappa shape index (κ2) is 6.65. The molecule has 0 bridgehead atoms. The van der Waals surface area contributed by atoms with Gasteiger partial charge in [0, 0.05) is 21.5 Å². The molecule has 0 amide bonds. The Kier molecular flexibility index (Phi) is 4.21. The Hall–Kier alpha value is -2.69. The minimum absolute atomic E-state index is 0.899. The molecule has 0 aliphatic carbocycles. The van der Waals surface area contributed by atoms with Crippen LogP contribution in [-0.2, 0) is 0 Å². The first-order chi connectivity index (χ1) is 17.2. The Balaban J connectivity index is 1.81. The number of nitriles is 2. The molecular weight excluding hydrogens is 515 g/mol. The van der Waals surface area contributed by atoms with Crippen LogP contribution in [0.3, 0.4) is 0 Å². The lowest BCUT2D eigenvalue weighted by Crippen LogP contribution is -2.46. The Morgan fingerprint density at radius 2 is 1.00 bits per heavy atom. The van der Waals surface area contributed by atoms with E-state index in [2.05, 4.69) is 99.2 Å². The van der Waals surface area contributed by atoms with Crippen LogP contribution in [0, 0.1) is 22.7 Å². The van der Waals surface area contributed by atoms with Gasteiger partial charge in [0.15, 0.2) is 0 Å². The second-order valence-corrected chi connectivity index (χ2v) is 34.2. The normalized spacial score (nSPS) is 20.5. The van der Waals surface area contributed by atoms with Gasteiger partial charge in [0.05, 0.1) is 72.1 Å². The fraction of sp³-hybridized carbons (Fsp3) is 0.333. The van der Waals surface area contributed by atoms with E-state index in [9.17, 15) is 10.5 Å². The molecule has 2 aliphatic heterocycles. The third kappa shape index (κ3) is 2.64. The van der Waals surface area contributed by atoms with E-state index in [1.165, 1.54) is 59.8 Å². The van der Waals surface area contributed by atoms with Crippen molar-refractivity contribution in [2.45, 2.75) is 63.7 Å². The quantitative estimate of drug-likeness (QED) is 0.246. The molecule has 0 saturated carbocycles. The van der Waals surface area contributed by atoms with Crippen molar-refractivity contribution >= 4 is 91.1 Å². The van der Waals surface area contributed by atoms with E-state index in [1.54, 1.807) is 10.4 Å². The highest BCUT2D eigenvalue weighted by molar-refractivity contribution is 7.16. The first-order valence-electron chi connectivity index (χ1n) is 13.4. The summed E-state index contributed by atoms with van der Waals surface area (Å²) in [5, 5.41) is 32.2. The minimum Gasteiger partial charge on any atom is -0.308 e. The molecule has 2 aromatic heterocycles. The molecule has 0 N–H and O–H groups in total. The monoisotopic (exact) mass is 547 g/mol. The van der Waals surface area contributed by atoms with Gasteiger partial charge in [-0.1, -0.05) is 81.9 Å². The lowest BCUT2D eigenvalue weighted by Gasteiger charge is -2.20. The lowest BCUT2D eigenvalue weighted by molar-refractivity contribution is 1.36. The summed E-state index contributed by atoms with van der Waals surface area (Å²) in [5.74, 6) is 0. The van der Waals surface area contributed by atoms with E-state index >= 15 is 0 Å². The Labute approximate surface area is 222 Å². The molecule has 4 heterocycles. The molecule has 0 atom stereocenters. The van der Waals surface area contributed by atoms with Crippen LogP contribution in [0.15, 0.2) is 30.3 Å². The summed E-state index contributed by atoms with van der Waals surface area (Å²) in [6.07, 6.45) is 0. The molecule has 3 nitrogen and oxygen atoms in total. The Morgan fingerprint density at radius 3 is 1.38 bits per heavy atom. The number of nitrogens with zero attached hydrogens (tertiary/aromatic N) is 3.